The molecule has 0 aliphatic carbocycles. The highest BCUT2D eigenvalue weighted by molar-refractivity contribution is 6.46. The normalized spacial score (nSPS) is 20.1. The van der Waals surface area contributed by atoms with Crippen LogP contribution in [0.2, 0.25) is 5.02 Å². The molecule has 2 heterocycles. The summed E-state index contributed by atoms with van der Waals surface area (Å²) in [6.45, 7) is 6.55. The maximum Gasteiger partial charge on any atom is 0.295 e. The van der Waals surface area contributed by atoms with E-state index < -0.39 is 17.7 Å². The third-order valence-electron chi connectivity index (χ3n) is 6.44. The fourth-order valence-corrected chi connectivity index (χ4v) is 4.76. The van der Waals surface area contributed by atoms with Gasteiger partial charge >= 0.3 is 0 Å². The number of halogens is 1. The van der Waals surface area contributed by atoms with Crippen molar-refractivity contribution < 1.29 is 28.9 Å². The van der Waals surface area contributed by atoms with Gasteiger partial charge < -0.3 is 24.2 Å². The van der Waals surface area contributed by atoms with Crippen molar-refractivity contribution in [2.45, 2.75) is 19.4 Å². The quantitative estimate of drug-likeness (QED) is 0.308. The van der Waals surface area contributed by atoms with Crippen LogP contribution < -0.4 is 9.47 Å². The number of nitrogens with zero attached hydrogens (tertiary/aromatic N) is 2. The number of carbonyl (C=O) groups is 2. The number of benzene rings is 2. The fraction of sp³-hybridized carbons (Fsp3) is 0.407. The molecule has 0 spiro atoms. The van der Waals surface area contributed by atoms with Gasteiger partial charge in [0, 0.05) is 36.8 Å². The number of rotatable bonds is 9. The fourth-order valence-electron chi connectivity index (χ4n) is 4.64. The number of ketones is 1. The van der Waals surface area contributed by atoms with Crippen molar-refractivity contribution >= 4 is 29.1 Å². The van der Waals surface area contributed by atoms with E-state index >= 15 is 0 Å². The van der Waals surface area contributed by atoms with Gasteiger partial charge in [0.15, 0.2) is 11.5 Å². The summed E-state index contributed by atoms with van der Waals surface area (Å²) >= 11 is 6.01. The Balaban J connectivity index is 1.71. The Kier molecular flexibility index (Phi) is 8.51. The monoisotopic (exact) mass is 514 g/mol. The molecule has 0 bridgehead atoms. The second-order valence-electron chi connectivity index (χ2n) is 8.65. The predicted octanol–water partition coefficient (Wildman–Crippen LogP) is 3.89. The summed E-state index contributed by atoms with van der Waals surface area (Å²) in [5.41, 5.74) is 1.10. The Morgan fingerprint density at radius 3 is 2.47 bits per heavy atom. The smallest absolute Gasteiger partial charge is 0.295 e. The summed E-state index contributed by atoms with van der Waals surface area (Å²) in [5, 5.41) is 11.7. The van der Waals surface area contributed by atoms with Crippen molar-refractivity contribution in [2.75, 3.05) is 53.1 Å². The molecule has 192 valence electrons. The number of Topliss-reactive ketones (excluding diaryl/α,β-unsaturated/α-hetero) is 1. The molecule has 1 N–H and O–H groups in total. The maximum absolute atomic E-state index is 13.3. The lowest BCUT2D eigenvalue weighted by Gasteiger charge is -2.29. The lowest BCUT2D eigenvalue weighted by Crippen LogP contribution is -2.39. The molecule has 0 unspecified atom stereocenters. The van der Waals surface area contributed by atoms with Gasteiger partial charge in [-0.3, -0.25) is 14.5 Å². The Morgan fingerprint density at radius 1 is 1.08 bits per heavy atom. The Labute approximate surface area is 216 Å². The van der Waals surface area contributed by atoms with Crippen LogP contribution in [0, 0.1) is 0 Å². The molecule has 0 aromatic heterocycles. The van der Waals surface area contributed by atoms with E-state index in [0.29, 0.717) is 60.4 Å². The first-order valence-electron chi connectivity index (χ1n) is 12.1. The van der Waals surface area contributed by atoms with Gasteiger partial charge in [-0.25, -0.2) is 0 Å². The molecule has 8 nitrogen and oxygen atoms in total. The van der Waals surface area contributed by atoms with Crippen LogP contribution in [-0.2, 0) is 14.3 Å². The van der Waals surface area contributed by atoms with Crippen molar-refractivity contribution in [1.29, 1.82) is 0 Å². The molecule has 2 fully saturated rings. The molecule has 0 saturated carbocycles. The second kappa shape index (κ2) is 11.8. The highest BCUT2D eigenvalue weighted by atomic mass is 35.5. The number of methoxy groups -OCH3 is 1. The standard InChI is InChI=1S/C27H31ClN2O6/c1-3-36-21-10-7-19(17-22(21)34-2)24-23(25(31)18-5-8-20(28)9-6-18)26(32)27(33)30(24)12-4-11-29-13-15-35-16-14-29/h5-10,17,24,31H,3-4,11-16H2,1-2H3/t24-/m1/s1. The van der Waals surface area contributed by atoms with Gasteiger partial charge in [-0.05, 0) is 55.3 Å². The number of amides is 1. The van der Waals surface area contributed by atoms with Crippen molar-refractivity contribution in [2.24, 2.45) is 0 Å². The zero-order valence-electron chi connectivity index (χ0n) is 20.5. The molecule has 2 aliphatic heterocycles. The average molecular weight is 515 g/mol. The summed E-state index contributed by atoms with van der Waals surface area (Å²) in [5.74, 6) is -0.541. The Hall–Kier alpha value is -3.07. The molecule has 9 heteroatoms. The van der Waals surface area contributed by atoms with Crippen LogP contribution >= 0.6 is 11.6 Å². The largest absolute Gasteiger partial charge is 0.507 e. The van der Waals surface area contributed by atoms with E-state index in [1.807, 2.05) is 6.92 Å². The van der Waals surface area contributed by atoms with Gasteiger partial charge in [-0.2, -0.15) is 0 Å². The maximum atomic E-state index is 13.3. The van der Waals surface area contributed by atoms with Crippen LogP contribution in [0.1, 0.15) is 30.5 Å². The molecule has 36 heavy (non-hydrogen) atoms. The van der Waals surface area contributed by atoms with E-state index in [1.54, 1.807) is 47.4 Å². The van der Waals surface area contributed by atoms with Crippen LogP contribution in [-0.4, -0.2) is 79.7 Å². The van der Waals surface area contributed by atoms with Crippen LogP contribution in [0.25, 0.3) is 5.76 Å². The minimum absolute atomic E-state index is 0.0416. The van der Waals surface area contributed by atoms with E-state index in [9.17, 15) is 14.7 Å². The number of hydrogen-bond donors (Lipinski definition) is 1. The molecular weight excluding hydrogens is 484 g/mol. The molecule has 2 saturated heterocycles. The minimum atomic E-state index is -0.769. The average Bonchev–Trinajstić information content (AvgIpc) is 3.15. The number of morpholine rings is 1. The lowest BCUT2D eigenvalue weighted by molar-refractivity contribution is -0.140. The van der Waals surface area contributed by atoms with Gasteiger partial charge in [0.2, 0.25) is 0 Å². The summed E-state index contributed by atoms with van der Waals surface area (Å²) < 4.78 is 16.6. The van der Waals surface area contributed by atoms with Crippen molar-refractivity contribution in [1.82, 2.24) is 9.80 Å². The van der Waals surface area contributed by atoms with Gasteiger partial charge in [-0.15, -0.1) is 0 Å². The highest BCUT2D eigenvalue weighted by Gasteiger charge is 2.46. The summed E-state index contributed by atoms with van der Waals surface area (Å²) in [4.78, 5) is 30.3. The molecule has 1 atom stereocenters. The molecule has 2 aromatic rings. The van der Waals surface area contributed by atoms with Gasteiger partial charge in [-0.1, -0.05) is 17.7 Å². The van der Waals surface area contributed by atoms with E-state index in [4.69, 9.17) is 25.8 Å². The van der Waals surface area contributed by atoms with Crippen LogP contribution in [0.5, 0.6) is 11.5 Å². The molecule has 1 amide bonds. The Bertz CT molecular complexity index is 1130. The summed E-state index contributed by atoms with van der Waals surface area (Å²) in [6.07, 6.45) is 0.679. The first-order valence-corrected chi connectivity index (χ1v) is 12.5. The lowest BCUT2D eigenvalue weighted by atomic mass is 9.95. The topological polar surface area (TPSA) is 88.5 Å². The van der Waals surface area contributed by atoms with Crippen LogP contribution in [0.4, 0.5) is 0 Å². The first-order chi connectivity index (χ1) is 17.4. The van der Waals surface area contributed by atoms with Gasteiger partial charge in [0.1, 0.15) is 5.76 Å². The third-order valence-corrected chi connectivity index (χ3v) is 6.69. The first kappa shape index (κ1) is 26.0. The summed E-state index contributed by atoms with van der Waals surface area (Å²) in [7, 11) is 1.54. The molecular formula is C27H31ClN2O6. The molecule has 2 aromatic carbocycles. The molecule has 4 rings (SSSR count). The Morgan fingerprint density at radius 2 is 1.81 bits per heavy atom. The van der Waals surface area contributed by atoms with Gasteiger partial charge in [0.25, 0.3) is 11.7 Å². The van der Waals surface area contributed by atoms with Crippen LogP contribution in [0.15, 0.2) is 48.0 Å². The number of likely N-dealkylation sites (tertiary alicyclic amines) is 1. The van der Waals surface area contributed by atoms with Gasteiger partial charge in [0.05, 0.1) is 38.5 Å². The predicted molar refractivity (Wildman–Crippen MR) is 137 cm³/mol. The number of aliphatic hydroxyl groups excluding tert-OH is 1. The number of ether oxygens (including phenoxy) is 3. The number of aliphatic hydroxyl groups is 1. The highest BCUT2D eigenvalue weighted by Crippen LogP contribution is 2.42. The zero-order chi connectivity index (χ0) is 25.7. The SMILES string of the molecule is CCOc1ccc([C@@H]2C(=C(O)c3ccc(Cl)cc3)C(=O)C(=O)N2CCCN2CCOCC2)cc1OC. The number of carbonyl (C=O) groups excluding carboxylic acids is 2. The van der Waals surface area contributed by atoms with Crippen LogP contribution in [0.3, 0.4) is 0 Å². The molecule has 0 radical (unpaired) electrons. The zero-order valence-corrected chi connectivity index (χ0v) is 21.3. The summed E-state index contributed by atoms with van der Waals surface area (Å²) in [6, 6.07) is 11.1. The van der Waals surface area contributed by atoms with Crippen molar-refractivity contribution in [3.8, 4) is 11.5 Å². The second-order valence-corrected chi connectivity index (χ2v) is 9.09. The number of hydrogen-bond acceptors (Lipinski definition) is 7. The van der Waals surface area contributed by atoms with Crippen molar-refractivity contribution in [3.63, 3.8) is 0 Å². The van der Waals surface area contributed by atoms with E-state index in [-0.39, 0.29) is 11.3 Å². The van der Waals surface area contributed by atoms with E-state index in [1.165, 1.54) is 7.11 Å². The van der Waals surface area contributed by atoms with E-state index in [0.717, 1.165) is 19.6 Å². The van der Waals surface area contributed by atoms with Crippen molar-refractivity contribution in [3.05, 3.63) is 64.2 Å². The minimum Gasteiger partial charge on any atom is -0.507 e. The molecule has 2 aliphatic rings. The van der Waals surface area contributed by atoms with E-state index in [2.05, 4.69) is 4.90 Å². The third kappa shape index (κ3) is 5.51.